The Balaban J connectivity index is 1.70. The Bertz CT molecular complexity index is 1320. The molecule has 170 valence electrons. The molecule has 0 saturated heterocycles. The molecular formula is C24H23N3O5S. The number of nitrogens with one attached hydrogen (secondary N) is 2. The normalized spacial score (nSPS) is 13.5. The van der Waals surface area contributed by atoms with Gasteiger partial charge in [-0.2, -0.15) is 4.72 Å². The van der Waals surface area contributed by atoms with Crippen LogP contribution in [0.1, 0.15) is 17.4 Å². The van der Waals surface area contributed by atoms with Crippen LogP contribution >= 0.6 is 0 Å². The summed E-state index contributed by atoms with van der Waals surface area (Å²) in [5, 5.41) is 3.79. The summed E-state index contributed by atoms with van der Waals surface area (Å²) in [6.45, 7) is 0.315. The molecule has 2 heterocycles. The maximum absolute atomic E-state index is 13.5. The van der Waals surface area contributed by atoms with E-state index in [4.69, 9.17) is 9.15 Å². The SMILES string of the molecule is COC(=O)[C@@H](NCc1ccccc1)[C@@H](NS(=O)(=O)c1cccc2cccnc12)c1ccco1. The van der Waals surface area contributed by atoms with Crippen molar-refractivity contribution in [1.82, 2.24) is 15.0 Å². The van der Waals surface area contributed by atoms with Crippen molar-refractivity contribution in [2.45, 2.75) is 23.5 Å². The molecule has 0 aliphatic rings. The standard InChI is InChI=1S/C24H23N3O5S/c1-31-24(28)23(26-16-17-8-3-2-4-9-17)22(19-12-7-15-32-19)27-33(29,30)20-13-5-10-18-11-6-14-25-21(18)20/h2-15,22-23,26-27H,16H2,1H3/t22-,23-/m0/s1. The van der Waals surface area contributed by atoms with Crippen molar-refractivity contribution in [1.29, 1.82) is 0 Å². The molecule has 2 N–H and O–H groups in total. The summed E-state index contributed by atoms with van der Waals surface area (Å²) in [5.41, 5.74) is 1.25. The number of carbonyl (C=O) groups is 1. The average molecular weight is 466 g/mol. The number of benzene rings is 2. The minimum Gasteiger partial charge on any atom is -0.468 e. The second-order valence-electron chi connectivity index (χ2n) is 7.31. The Labute approximate surface area is 191 Å². The molecule has 33 heavy (non-hydrogen) atoms. The lowest BCUT2D eigenvalue weighted by Crippen LogP contribution is -2.48. The lowest BCUT2D eigenvalue weighted by atomic mass is 10.1. The predicted molar refractivity (Wildman–Crippen MR) is 123 cm³/mol. The first-order chi connectivity index (χ1) is 16.0. The molecule has 0 aliphatic carbocycles. The quantitative estimate of drug-likeness (QED) is 0.365. The summed E-state index contributed by atoms with van der Waals surface area (Å²) in [6.07, 6.45) is 2.95. The Morgan fingerprint density at radius 1 is 1.03 bits per heavy atom. The fourth-order valence-corrected chi connectivity index (χ4v) is 4.97. The van der Waals surface area contributed by atoms with Crippen molar-refractivity contribution in [3.8, 4) is 0 Å². The van der Waals surface area contributed by atoms with Crippen LogP contribution in [0.5, 0.6) is 0 Å². The van der Waals surface area contributed by atoms with Crippen molar-refractivity contribution in [2.75, 3.05) is 7.11 Å². The molecule has 0 fully saturated rings. The summed E-state index contributed by atoms with van der Waals surface area (Å²) >= 11 is 0. The highest BCUT2D eigenvalue weighted by molar-refractivity contribution is 7.89. The van der Waals surface area contributed by atoms with Crippen molar-refractivity contribution in [3.63, 3.8) is 0 Å². The van der Waals surface area contributed by atoms with Crippen LogP contribution in [-0.2, 0) is 26.1 Å². The van der Waals surface area contributed by atoms with Gasteiger partial charge in [-0.3, -0.25) is 15.1 Å². The molecule has 0 bridgehead atoms. The number of fused-ring (bicyclic) bond motifs is 1. The monoisotopic (exact) mass is 465 g/mol. The summed E-state index contributed by atoms with van der Waals surface area (Å²) in [4.78, 5) is 17.0. The minimum atomic E-state index is -4.10. The van der Waals surface area contributed by atoms with E-state index >= 15 is 0 Å². The van der Waals surface area contributed by atoms with Crippen molar-refractivity contribution in [2.24, 2.45) is 0 Å². The second kappa shape index (κ2) is 9.95. The first-order valence-corrected chi connectivity index (χ1v) is 11.7. The maximum atomic E-state index is 13.5. The topological polar surface area (TPSA) is 111 Å². The van der Waals surface area contributed by atoms with Crippen LogP contribution in [0, 0.1) is 0 Å². The van der Waals surface area contributed by atoms with E-state index in [1.54, 1.807) is 36.4 Å². The molecule has 0 aliphatic heterocycles. The zero-order valence-electron chi connectivity index (χ0n) is 17.8. The van der Waals surface area contributed by atoms with Gasteiger partial charge in [-0.1, -0.05) is 48.5 Å². The van der Waals surface area contributed by atoms with Gasteiger partial charge < -0.3 is 9.15 Å². The number of hydrogen-bond acceptors (Lipinski definition) is 7. The molecule has 0 amide bonds. The van der Waals surface area contributed by atoms with E-state index in [0.717, 1.165) is 5.56 Å². The first-order valence-electron chi connectivity index (χ1n) is 10.2. The van der Waals surface area contributed by atoms with E-state index < -0.39 is 28.1 Å². The summed E-state index contributed by atoms with van der Waals surface area (Å²) in [6, 6.07) is 19.0. The van der Waals surface area contributed by atoms with Gasteiger partial charge in [0.15, 0.2) is 0 Å². The van der Waals surface area contributed by atoms with Crippen LogP contribution < -0.4 is 10.0 Å². The minimum absolute atomic E-state index is 0.00355. The average Bonchev–Trinajstić information content (AvgIpc) is 3.38. The molecule has 4 rings (SSSR count). The lowest BCUT2D eigenvalue weighted by Gasteiger charge is -2.26. The van der Waals surface area contributed by atoms with E-state index in [2.05, 4.69) is 15.0 Å². The number of furan rings is 1. The first kappa shape index (κ1) is 22.7. The highest BCUT2D eigenvalue weighted by Gasteiger charge is 2.36. The Morgan fingerprint density at radius 2 is 1.82 bits per heavy atom. The molecular weight excluding hydrogens is 442 g/mol. The van der Waals surface area contributed by atoms with Gasteiger partial charge in [0.2, 0.25) is 10.0 Å². The van der Waals surface area contributed by atoms with E-state index in [1.165, 1.54) is 25.6 Å². The second-order valence-corrected chi connectivity index (χ2v) is 9.00. The van der Waals surface area contributed by atoms with Crippen LogP contribution in [0.25, 0.3) is 10.9 Å². The van der Waals surface area contributed by atoms with E-state index in [1.807, 2.05) is 30.3 Å². The van der Waals surface area contributed by atoms with Crippen LogP contribution in [-0.4, -0.2) is 32.5 Å². The number of ether oxygens (including phenoxy) is 1. The number of pyridine rings is 1. The molecule has 9 heteroatoms. The third kappa shape index (κ3) is 5.11. The van der Waals surface area contributed by atoms with Gasteiger partial charge in [0, 0.05) is 18.1 Å². The number of nitrogens with zero attached hydrogens (tertiary/aromatic N) is 1. The van der Waals surface area contributed by atoms with Crippen molar-refractivity contribution < 1.29 is 22.4 Å². The third-order valence-electron chi connectivity index (χ3n) is 5.17. The van der Waals surface area contributed by atoms with E-state index in [-0.39, 0.29) is 10.7 Å². The van der Waals surface area contributed by atoms with Gasteiger partial charge in [-0.15, -0.1) is 0 Å². The van der Waals surface area contributed by atoms with Gasteiger partial charge >= 0.3 is 5.97 Å². The zero-order valence-corrected chi connectivity index (χ0v) is 18.7. The van der Waals surface area contributed by atoms with Gasteiger partial charge in [0.25, 0.3) is 0 Å². The molecule has 0 spiro atoms. The molecule has 0 unspecified atom stereocenters. The number of aromatic nitrogens is 1. The van der Waals surface area contributed by atoms with E-state index in [0.29, 0.717) is 17.4 Å². The Kier molecular flexibility index (Phi) is 6.83. The zero-order chi connectivity index (χ0) is 23.3. The van der Waals surface area contributed by atoms with Crippen molar-refractivity contribution in [3.05, 3.63) is 96.6 Å². The van der Waals surface area contributed by atoms with Crippen LogP contribution in [0.2, 0.25) is 0 Å². The Morgan fingerprint density at radius 3 is 2.55 bits per heavy atom. The molecule has 0 radical (unpaired) electrons. The van der Waals surface area contributed by atoms with E-state index in [9.17, 15) is 13.2 Å². The highest BCUT2D eigenvalue weighted by atomic mass is 32.2. The number of carbonyl (C=O) groups excluding carboxylic acids is 1. The highest BCUT2D eigenvalue weighted by Crippen LogP contribution is 2.26. The van der Waals surface area contributed by atoms with Crippen LogP contribution in [0.3, 0.4) is 0 Å². The number of esters is 1. The summed E-state index contributed by atoms with van der Waals surface area (Å²) in [7, 11) is -2.85. The van der Waals surface area contributed by atoms with Gasteiger partial charge in [-0.05, 0) is 29.8 Å². The third-order valence-corrected chi connectivity index (χ3v) is 6.65. The smallest absolute Gasteiger partial charge is 0.325 e. The fraction of sp³-hybridized carbons (Fsp3) is 0.167. The summed E-state index contributed by atoms with van der Waals surface area (Å²) < 4.78 is 40.1. The predicted octanol–water partition coefficient (Wildman–Crippen LogP) is 3.18. The van der Waals surface area contributed by atoms with Crippen LogP contribution in [0.15, 0.2) is 94.6 Å². The van der Waals surface area contributed by atoms with Gasteiger partial charge in [0.05, 0.1) is 18.9 Å². The van der Waals surface area contributed by atoms with Gasteiger partial charge in [0.1, 0.15) is 22.7 Å². The number of rotatable bonds is 9. The number of methoxy groups -OCH3 is 1. The van der Waals surface area contributed by atoms with Gasteiger partial charge in [-0.25, -0.2) is 8.42 Å². The van der Waals surface area contributed by atoms with Crippen molar-refractivity contribution >= 4 is 26.9 Å². The number of sulfonamides is 1. The molecule has 8 nitrogen and oxygen atoms in total. The molecule has 2 aromatic carbocycles. The lowest BCUT2D eigenvalue weighted by molar-refractivity contribution is -0.144. The maximum Gasteiger partial charge on any atom is 0.325 e. The summed E-state index contributed by atoms with van der Waals surface area (Å²) in [5.74, 6) is -0.367. The number of hydrogen-bond donors (Lipinski definition) is 2. The van der Waals surface area contributed by atoms with Crippen LogP contribution in [0.4, 0.5) is 0 Å². The molecule has 4 aromatic rings. The fourth-order valence-electron chi connectivity index (χ4n) is 3.57. The number of para-hydroxylation sites is 1. The largest absolute Gasteiger partial charge is 0.468 e. The Hall–Kier alpha value is -3.53. The molecule has 2 aromatic heterocycles. The molecule has 0 saturated carbocycles. The molecule has 2 atom stereocenters.